The summed E-state index contributed by atoms with van der Waals surface area (Å²) in [6, 6.07) is 2.21. The first-order chi connectivity index (χ1) is 8.70. The molecule has 0 N–H and O–H groups in total. The monoisotopic (exact) mass is 266 g/mol. The summed E-state index contributed by atoms with van der Waals surface area (Å²) >= 11 is 0. The van der Waals surface area contributed by atoms with Gasteiger partial charge in [-0.05, 0) is 40.0 Å². The number of ether oxygens (including phenoxy) is 1. The summed E-state index contributed by atoms with van der Waals surface area (Å²) in [4.78, 5) is 25.0. The molecule has 0 radical (unpaired) electrons. The van der Waals surface area contributed by atoms with E-state index in [1.54, 1.807) is 27.8 Å². The summed E-state index contributed by atoms with van der Waals surface area (Å²) in [5, 5.41) is 9.15. The van der Waals surface area contributed by atoms with Gasteiger partial charge in [-0.25, -0.2) is 0 Å². The molecule has 0 atom stereocenters. The second-order valence-electron chi connectivity index (χ2n) is 6.04. The van der Waals surface area contributed by atoms with Crippen molar-refractivity contribution in [3.63, 3.8) is 0 Å². The van der Waals surface area contributed by atoms with Crippen LogP contribution in [0.3, 0.4) is 0 Å². The lowest BCUT2D eigenvalue weighted by molar-refractivity contribution is -0.156. The van der Waals surface area contributed by atoms with Crippen molar-refractivity contribution in [3.8, 4) is 6.07 Å². The second kappa shape index (κ2) is 5.60. The SMILES string of the molecule is CN(C(=O)CCC(=O)OC(C)(C)C)C1(C#N)CCC1. The van der Waals surface area contributed by atoms with Crippen molar-refractivity contribution in [1.82, 2.24) is 4.90 Å². The number of hydrogen-bond donors (Lipinski definition) is 0. The highest BCUT2D eigenvalue weighted by Gasteiger charge is 2.43. The average Bonchev–Trinajstić information content (AvgIpc) is 2.22. The third-order valence-electron chi connectivity index (χ3n) is 3.37. The number of nitrogens with zero attached hydrogens (tertiary/aromatic N) is 2. The molecule has 5 nitrogen and oxygen atoms in total. The van der Waals surface area contributed by atoms with Crippen molar-refractivity contribution in [3.05, 3.63) is 0 Å². The van der Waals surface area contributed by atoms with Gasteiger partial charge in [0.1, 0.15) is 11.1 Å². The van der Waals surface area contributed by atoms with Crippen molar-refractivity contribution in [1.29, 1.82) is 5.26 Å². The highest BCUT2D eigenvalue weighted by molar-refractivity contribution is 5.82. The molecule has 1 aliphatic rings. The van der Waals surface area contributed by atoms with Crippen LogP contribution in [-0.4, -0.2) is 35.0 Å². The van der Waals surface area contributed by atoms with Gasteiger partial charge in [-0.1, -0.05) is 0 Å². The Morgan fingerprint density at radius 3 is 2.26 bits per heavy atom. The molecular weight excluding hydrogens is 244 g/mol. The fraction of sp³-hybridized carbons (Fsp3) is 0.786. The maximum atomic E-state index is 12.0. The maximum Gasteiger partial charge on any atom is 0.306 e. The van der Waals surface area contributed by atoms with E-state index in [-0.39, 0.29) is 24.7 Å². The minimum absolute atomic E-state index is 0.0575. The number of esters is 1. The van der Waals surface area contributed by atoms with Crippen LogP contribution in [0.2, 0.25) is 0 Å². The van der Waals surface area contributed by atoms with Crippen molar-refractivity contribution < 1.29 is 14.3 Å². The standard InChI is InChI=1S/C14H22N2O3/c1-13(2,3)19-12(18)7-6-11(17)16(4)14(10-15)8-5-9-14/h5-9H2,1-4H3. The molecule has 0 aliphatic heterocycles. The van der Waals surface area contributed by atoms with Gasteiger partial charge in [-0.3, -0.25) is 9.59 Å². The van der Waals surface area contributed by atoms with Crippen LogP contribution in [0.1, 0.15) is 52.9 Å². The molecule has 1 aliphatic carbocycles. The van der Waals surface area contributed by atoms with Gasteiger partial charge in [0.05, 0.1) is 12.5 Å². The zero-order chi connectivity index (χ0) is 14.7. The normalized spacial score (nSPS) is 17.0. The van der Waals surface area contributed by atoms with Gasteiger partial charge in [0.15, 0.2) is 0 Å². The molecule has 1 saturated carbocycles. The van der Waals surface area contributed by atoms with E-state index in [1.165, 1.54) is 4.90 Å². The number of amides is 1. The Balaban J connectivity index is 2.44. The number of rotatable bonds is 4. The predicted molar refractivity (Wildman–Crippen MR) is 70.0 cm³/mol. The molecule has 1 amide bonds. The first-order valence-electron chi connectivity index (χ1n) is 6.60. The van der Waals surface area contributed by atoms with Crippen LogP contribution < -0.4 is 0 Å². The summed E-state index contributed by atoms with van der Waals surface area (Å²) in [6.45, 7) is 5.37. The van der Waals surface area contributed by atoms with Gasteiger partial charge < -0.3 is 9.64 Å². The molecular formula is C14H22N2O3. The largest absolute Gasteiger partial charge is 0.460 e. The van der Waals surface area contributed by atoms with E-state index in [0.29, 0.717) is 0 Å². The second-order valence-corrected chi connectivity index (χ2v) is 6.04. The van der Waals surface area contributed by atoms with E-state index in [4.69, 9.17) is 10.00 Å². The Kier molecular flexibility index (Phi) is 4.56. The third-order valence-corrected chi connectivity index (χ3v) is 3.37. The topological polar surface area (TPSA) is 70.4 Å². The zero-order valence-electron chi connectivity index (χ0n) is 12.2. The molecule has 0 spiro atoms. The van der Waals surface area contributed by atoms with E-state index >= 15 is 0 Å². The van der Waals surface area contributed by atoms with Gasteiger partial charge >= 0.3 is 5.97 Å². The van der Waals surface area contributed by atoms with Crippen LogP contribution in [0.4, 0.5) is 0 Å². The number of carbonyl (C=O) groups is 2. The lowest BCUT2D eigenvalue weighted by Crippen LogP contribution is -2.53. The van der Waals surface area contributed by atoms with E-state index < -0.39 is 11.1 Å². The summed E-state index contributed by atoms with van der Waals surface area (Å²) in [5.41, 5.74) is -1.18. The lowest BCUT2D eigenvalue weighted by Gasteiger charge is -2.43. The Bertz CT molecular complexity index is 400. The van der Waals surface area contributed by atoms with Crippen LogP contribution in [0.25, 0.3) is 0 Å². The minimum Gasteiger partial charge on any atom is -0.460 e. The molecule has 1 rings (SSSR count). The zero-order valence-corrected chi connectivity index (χ0v) is 12.2. The molecule has 106 valence electrons. The molecule has 19 heavy (non-hydrogen) atoms. The van der Waals surface area contributed by atoms with Crippen molar-refractivity contribution >= 4 is 11.9 Å². The molecule has 0 bridgehead atoms. The molecule has 0 aromatic heterocycles. The molecule has 5 heteroatoms. The van der Waals surface area contributed by atoms with Gasteiger partial charge in [0.2, 0.25) is 5.91 Å². The van der Waals surface area contributed by atoms with E-state index in [1.807, 2.05) is 0 Å². The lowest BCUT2D eigenvalue weighted by atomic mass is 9.76. The fourth-order valence-corrected chi connectivity index (χ4v) is 2.04. The van der Waals surface area contributed by atoms with Crippen molar-refractivity contribution in [2.24, 2.45) is 0 Å². The highest BCUT2D eigenvalue weighted by atomic mass is 16.6. The third kappa shape index (κ3) is 3.95. The van der Waals surface area contributed by atoms with Gasteiger partial charge in [-0.15, -0.1) is 0 Å². The average molecular weight is 266 g/mol. The van der Waals surface area contributed by atoms with Crippen LogP contribution in [0, 0.1) is 11.3 Å². The van der Waals surface area contributed by atoms with Crippen LogP contribution in [0.5, 0.6) is 0 Å². The summed E-state index contributed by atoms with van der Waals surface area (Å²) < 4.78 is 5.15. The Labute approximate surface area is 114 Å². The van der Waals surface area contributed by atoms with Crippen LogP contribution in [0.15, 0.2) is 0 Å². The maximum absolute atomic E-state index is 12.0. The smallest absolute Gasteiger partial charge is 0.306 e. The van der Waals surface area contributed by atoms with Gasteiger partial charge in [0.25, 0.3) is 0 Å². The van der Waals surface area contributed by atoms with Gasteiger partial charge in [0, 0.05) is 13.5 Å². The summed E-state index contributed by atoms with van der Waals surface area (Å²) in [7, 11) is 1.64. The van der Waals surface area contributed by atoms with E-state index in [0.717, 1.165) is 19.3 Å². The Hall–Kier alpha value is -1.57. The van der Waals surface area contributed by atoms with Crippen LogP contribution in [-0.2, 0) is 14.3 Å². The first-order valence-corrected chi connectivity index (χ1v) is 6.60. The quantitative estimate of drug-likeness (QED) is 0.730. The molecule has 0 aromatic rings. The van der Waals surface area contributed by atoms with Crippen molar-refractivity contribution in [2.75, 3.05) is 7.05 Å². The van der Waals surface area contributed by atoms with Crippen LogP contribution >= 0.6 is 0 Å². The molecule has 0 heterocycles. The Morgan fingerprint density at radius 2 is 1.89 bits per heavy atom. The fourth-order valence-electron chi connectivity index (χ4n) is 2.04. The highest BCUT2D eigenvalue weighted by Crippen LogP contribution is 2.36. The van der Waals surface area contributed by atoms with E-state index in [2.05, 4.69) is 6.07 Å². The molecule has 1 fully saturated rings. The number of carbonyl (C=O) groups excluding carboxylic acids is 2. The number of nitriles is 1. The molecule has 0 saturated heterocycles. The molecule has 0 aromatic carbocycles. The summed E-state index contributed by atoms with van der Waals surface area (Å²) in [5.74, 6) is -0.555. The van der Waals surface area contributed by atoms with E-state index in [9.17, 15) is 9.59 Å². The van der Waals surface area contributed by atoms with Gasteiger partial charge in [-0.2, -0.15) is 5.26 Å². The number of hydrogen-bond acceptors (Lipinski definition) is 4. The first kappa shape index (κ1) is 15.5. The summed E-state index contributed by atoms with van der Waals surface area (Å²) in [6.07, 6.45) is 2.56. The predicted octanol–water partition coefficient (Wildman–Crippen LogP) is 2.01. The van der Waals surface area contributed by atoms with Crippen molar-refractivity contribution in [2.45, 2.75) is 64.0 Å². The Morgan fingerprint density at radius 1 is 1.32 bits per heavy atom. The molecule has 0 unspecified atom stereocenters. The minimum atomic E-state index is -0.648.